The Hall–Kier alpha value is -2.69. The molecule has 0 bridgehead atoms. The fraction of sp³-hybridized carbons (Fsp3) is 0.643. The van der Waals surface area contributed by atoms with Crippen molar-refractivity contribution >= 4 is 29.8 Å². The number of hydrogen-bond acceptors (Lipinski definition) is 10. The minimum absolute atomic E-state index is 0.849. The molecule has 11 heteroatoms. The Labute approximate surface area is 142 Å². The Morgan fingerprint density at radius 2 is 1.08 bits per heavy atom. The van der Waals surface area contributed by atoms with Gasteiger partial charge in [0, 0.05) is 27.7 Å². The number of carboxylic acids is 1. The maximum absolute atomic E-state index is 11.4. The Bertz CT molecular complexity index is 569. The van der Waals surface area contributed by atoms with Gasteiger partial charge in [0.25, 0.3) is 0 Å². The molecular weight excluding hydrogens is 344 g/mol. The van der Waals surface area contributed by atoms with Crippen molar-refractivity contribution in [3.63, 3.8) is 0 Å². The van der Waals surface area contributed by atoms with Crippen molar-refractivity contribution in [3.05, 3.63) is 0 Å². The van der Waals surface area contributed by atoms with Crippen molar-refractivity contribution < 1.29 is 52.8 Å². The van der Waals surface area contributed by atoms with E-state index in [4.69, 9.17) is 23.7 Å². The summed E-state index contributed by atoms with van der Waals surface area (Å²) in [4.78, 5) is 56.7. The molecule has 0 aromatic rings. The third-order valence-electron chi connectivity index (χ3n) is 2.93. The molecule has 140 valence electrons. The molecule has 1 N–H and O–H groups in total. The van der Waals surface area contributed by atoms with Gasteiger partial charge in [-0.2, -0.15) is 0 Å². The van der Waals surface area contributed by atoms with Crippen LogP contribution in [0.25, 0.3) is 0 Å². The van der Waals surface area contributed by atoms with Crippen LogP contribution >= 0.6 is 0 Å². The Morgan fingerprint density at radius 1 is 0.680 bits per heavy atom. The van der Waals surface area contributed by atoms with E-state index in [1.54, 1.807) is 0 Å². The molecule has 0 amide bonds. The van der Waals surface area contributed by atoms with Gasteiger partial charge in [-0.3, -0.25) is 19.2 Å². The number of rotatable bonds is 5. The minimum Gasteiger partial charge on any atom is -0.479 e. The molecule has 1 heterocycles. The van der Waals surface area contributed by atoms with Crippen LogP contribution in [0.1, 0.15) is 27.7 Å². The van der Waals surface area contributed by atoms with Crippen molar-refractivity contribution in [2.24, 2.45) is 0 Å². The van der Waals surface area contributed by atoms with Gasteiger partial charge in [-0.15, -0.1) is 0 Å². The van der Waals surface area contributed by atoms with Gasteiger partial charge < -0.3 is 28.8 Å². The van der Waals surface area contributed by atoms with Crippen LogP contribution < -0.4 is 0 Å². The normalized spacial score (nSPS) is 28.4. The van der Waals surface area contributed by atoms with E-state index in [1.807, 2.05) is 0 Å². The highest BCUT2D eigenvalue weighted by atomic mass is 16.7. The molecule has 1 rings (SSSR count). The zero-order chi connectivity index (χ0) is 19.3. The van der Waals surface area contributed by atoms with Crippen molar-refractivity contribution in [1.82, 2.24) is 0 Å². The Kier molecular flexibility index (Phi) is 6.86. The third-order valence-corrected chi connectivity index (χ3v) is 2.93. The van der Waals surface area contributed by atoms with Gasteiger partial charge in [-0.1, -0.05) is 0 Å². The van der Waals surface area contributed by atoms with Crippen LogP contribution in [0.5, 0.6) is 0 Å². The molecule has 1 aliphatic heterocycles. The molecule has 2 unspecified atom stereocenters. The lowest BCUT2D eigenvalue weighted by Gasteiger charge is -2.42. The van der Waals surface area contributed by atoms with E-state index in [1.165, 1.54) is 0 Å². The summed E-state index contributed by atoms with van der Waals surface area (Å²) in [7, 11) is 0. The fourth-order valence-corrected chi connectivity index (χ4v) is 2.23. The predicted octanol–water partition coefficient (Wildman–Crippen LogP) is -0.846. The van der Waals surface area contributed by atoms with Crippen LogP contribution in [-0.2, 0) is 47.7 Å². The highest BCUT2D eigenvalue weighted by Gasteiger charge is 2.55. The summed E-state index contributed by atoms with van der Waals surface area (Å²) < 4.78 is 24.8. The van der Waals surface area contributed by atoms with E-state index in [9.17, 15) is 29.1 Å². The van der Waals surface area contributed by atoms with E-state index in [0.717, 1.165) is 27.7 Å². The first-order valence-electron chi connectivity index (χ1n) is 7.10. The van der Waals surface area contributed by atoms with E-state index in [2.05, 4.69) is 0 Å². The maximum Gasteiger partial charge on any atom is 0.337 e. The molecule has 0 spiro atoms. The topological polar surface area (TPSA) is 152 Å². The second-order valence-corrected chi connectivity index (χ2v) is 5.09. The summed E-state index contributed by atoms with van der Waals surface area (Å²) in [6, 6.07) is 0. The molecule has 11 nitrogen and oxygen atoms in total. The van der Waals surface area contributed by atoms with Crippen LogP contribution in [0.4, 0.5) is 0 Å². The first kappa shape index (κ1) is 20.4. The van der Waals surface area contributed by atoms with E-state index in [0.29, 0.717) is 0 Å². The summed E-state index contributed by atoms with van der Waals surface area (Å²) in [5, 5.41) is 9.29. The monoisotopic (exact) mass is 362 g/mol. The summed E-state index contributed by atoms with van der Waals surface area (Å²) in [6.07, 6.45) is -8.24. The van der Waals surface area contributed by atoms with Gasteiger partial charge in [-0.05, 0) is 0 Å². The zero-order valence-corrected chi connectivity index (χ0v) is 13.9. The van der Waals surface area contributed by atoms with Crippen LogP contribution in [0.15, 0.2) is 0 Å². The first-order chi connectivity index (χ1) is 11.5. The SMILES string of the molecule is CC(=O)OC1[C@@H](OC(C)=O)OC(C(=O)O)[C@H](OC(C)=O)[C@@H]1OC(C)=O. The molecule has 1 fully saturated rings. The van der Waals surface area contributed by atoms with Crippen molar-refractivity contribution in [2.75, 3.05) is 0 Å². The lowest BCUT2D eigenvalue weighted by molar-refractivity contribution is -0.293. The number of carboxylic acid groups (broad SMARTS) is 1. The molecule has 0 aromatic carbocycles. The van der Waals surface area contributed by atoms with Crippen LogP contribution in [-0.4, -0.2) is 65.7 Å². The number of esters is 4. The predicted molar refractivity (Wildman–Crippen MR) is 74.7 cm³/mol. The van der Waals surface area contributed by atoms with E-state index < -0.39 is 60.6 Å². The molecule has 0 radical (unpaired) electrons. The second kappa shape index (κ2) is 8.42. The number of carbonyl (C=O) groups excluding carboxylic acids is 4. The van der Waals surface area contributed by atoms with Crippen LogP contribution in [0.3, 0.4) is 0 Å². The van der Waals surface area contributed by atoms with Crippen molar-refractivity contribution in [2.45, 2.75) is 58.4 Å². The summed E-state index contributed by atoms with van der Waals surface area (Å²) in [6.45, 7) is 4.06. The van der Waals surface area contributed by atoms with Gasteiger partial charge in [0.15, 0.2) is 18.3 Å². The quantitative estimate of drug-likeness (QED) is 0.481. The second-order valence-electron chi connectivity index (χ2n) is 5.09. The summed E-state index contributed by atoms with van der Waals surface area (Å²) in [5.74, 6) is -5.03. The molecule has 5 atom stereocenters. The largest absolute Gasteiger partial charge is 0.479 e. The maximum atomic E-state index is 11.4. The van der Waals surface area contributed by atoms with E-state index in [-0.39, 0.29) is 0 Å². The minimum atomic E-state index is -1.83. The van der Waals surface area contributed by atoms with Crippen molar-refractivity contribution in [1.29, 1.82) is 0 Å². The smallest absolute Gasteiger partial charge is 0.337 e. The lowest BCUT2D eigenvalue weighted by Crippen LogP contribution is -2.63. The highest BCUT2D eigenvalue weighted by molar-refractivity contribution is 5.75. The average Bonchev–Trinajstić information content (AvgIpc) is 2.42. The Balaban J connectivity index is 3.33. The zero-order valence-electron chi connectivity index (χ0n) is 13.9. The third kappa shape index (κ3) is 5.71. The fourth-order valence-electron chi connectivity index (χ4n) is 2.23. The number of aliphatic carboxylic acids is 1. The van der Waals surface area contributed by atoms with Crippen molar-refractivity contribution in [3.8, 4) is 0 Å². The number of ether oxygens (including phenoxy) is 5. The molecular formula is C14H18O11. The summed E-state index contributed by atoms with van der Waals surface area (Å²) >= 11 is 0. The van der Waals surface area contributed by atoms with Gasteiger partial charge >= 0.3 is 29.8 Å². The van der Waals surface area contributed by atoms with E-state index >= 15 is 0 Å². The molecule has 0 aliphatic carbocycles. The number of hydrogen-bond donors (Lipinski definition) is 1. The lowest BCUT2D eigenvalue weighted by atomic mass is 9.98. The van der Waals surface area contributed by atoms with Crippen LogP contribution in [0, 0.1) is 0 Å². The molecule has 25 heavy (non-hydrogen) atoms. The molecule has 0 aromatic heterocycles. The van der Waals surface area contributed by atoms with Gasteiger partial charge in [0.1, 0.15) is 0 Å². The first-order valence-corrected chi connectivity index (χ1v) is 7.10. The average molecular weight is 362 g/mol. The number of carbonyl (C=O) groups is 5. The van der Waals surface area contributed by atoms with Gasteiger partial charge in [0.2, 0.25) is 12.4 Å². The molecule has 1 saturated heterocycles. The molecule has 0 saturated carbocycles. The van der Waals surface area contributed by atoms with Crippen LogP contribution in [0.2, 0.25) is 0 Å². The Morgan fingerprint density at radius 3 is 1.48 bits per heavy atom. The highest BCUT2D eigenvalue weighted by Crippen LogP contribution is 2.29. The standard InChI is InChI=1S/C14H18O11/c1-5(15)21-9-10(22-6(2)16)12(23-7(3)17)14(24-8(4)18)25-11(9)13(19)20/h9-12,14H,1-4H3,(H,19,20)/t9-,10+,11?,12?,14+/m1/s1. The van der Waals surface area contributed by atoms with Gasteiger partial charge in [0.05, 0.1) is 0 Å². The van der Waals surface area contributed by atoms with Gasteiger partial charge in [-0.25, -0.2) is 4.79 Å². The summed E-state index contributed by atoms with van der Waals surface area (Å²) in [5.41, 5.74) is 0. The molecule has 1 aliphatic rings.